The maximum absolute atomic E-state index is 12.1. The summed E-state index contributed by atoms with van der Waals surface area (Å²) in [5, 5.41) is 10.3. The zero-order valence-corrected chi connectivity index (χ0v) is 14.0. The van der Waals surface area contributed by atoms with Crippen LogP contribution in [0.5, 0.6) is 5.88 Å². The van der Waals surface area contributed by atoms with Gasteiger partial charge in [-0.15, -0.1) is 6.58 Å². The van der Waals surface area contributed by atoms with Crippen molar-refractivity contribution in [3.63, 3.8) is 0 Å². The molecule has 0 unspecified atom stereocenters. The molecule has 0 atom stereocenters. The average molecular weight is 329 g/mol. The van der Waals surface area contributed by atoms with E-state index in [-0.39, 0.29) is 16.2 Å². The molecule has 0 saturated carbocycles. The second-order valence-electron chi connectivity index (χ2n) is 5.09. The number of nitrogens with zero attached hydrogens (tertiary/aromatic N) is 2. The Balaban J connectivity index is 2.57. The van der Waals surface area contributed by atoms with E-state index in [1.54, 1.807) is 6.08 Å². The van der Waals surface area contributed by atoms with E-state index in [4.69, 9.17) is 12.2 Å². The minimum atomic E-state index is -0.469. The van der Waals surface area contributed by atoms with Crippen molar-refractivity contribution in [2.75, 3.05) is 0 Å². The third-order valence-corrected chi connectivity index (χ3v) is 3.87. The molecule has 120 valence electrons. The van der Waals surface area contributed by atoms with Crippen LogP contribution < -0.4 is 5.56 Å². The lowest BCUT2D eigenvalue weighted by Crippen LogP contribution is -2.18. The van der Waals surface area contributed by atoms with Gasteiger partial charge in [0.25, 0.3) is 5.56 Å². The summed E-state index contributed by atoms with van der Waals surface area (Å²) in [5.41, 5.74) is 2.51. The van der Waals surface area contributed by atoms with Gasteiger partial charge in [0.1, 0.15) is 5.56 Å². The highest BCUT2D eigenvalue weighted by Crippen LogP contribution is 2.24. The Morgan fingerprint density at radius 3 is 2.87 bits per heavy atom. The first-order chi connectivity index (χ1) is 11.0. The van der Waals surface area contributed by atoms with Gasteiger partial charge in [-0.1, -0.05) is 31.2 Å². The van der Waals surface area contributed by atoms with E-state index >= 15 is 0 Å². The number of para-hydroxylation sites is 1. The van der Waals surface area contributed by atoms with Crippen LogP contribution in [-0.2, 0) is 13.0 Å². The molecule has 0 fully saturated rings. The smallest absolute Gasteiger partial charge is 0.264 e. The Hall–Kier alpha value is -2.47. The van der Waals surface area contributed by atoms with Crippen molar-refractivity contribution in [3.05, 3.63) is 62.7 Å². The maximum Gasteiger partial charge on any atom is 0.264 e. The van der Waals surface area contributed by atoms with Gasteiger partial charge in [-0.05, 0) is 36.7 Å². The van der Waals surface area contributed by atoms with E-state index in [0.717, 1.165) is 23.2 Å². The van der Waals surface area contributed by atoms with Gasteiger partial charge in [-0.2, -0.15) is 0 Å². The van der Waals surface area contributed by atoms with Crippen molar-refractivity contribution in [1.29, 1.82) is 0 Å². The first-order valence-corrected chi connectivity index (χ1v) is 7.70. The Bertz CT molecular complexity index is 878. The largest absolute Gasteiger partial charge is 0.494 e. The SMILES string of the molecule is C=CCn1c(O)c(C=Nc2c(C)cccc2CC)c(=O)[nH]c1=S. The number of aromatic amines is 1. The predicted molar refractivity (Wildman–Crippen MR) is 95.6 cm³/mol. The zero-order valence-electron chi connectivity index (χ0n) is 13.2. The highest BCUT2D eigenvalue weighted by Gasteiger charge is 2.10. The van der Waals surface area contributed by atoms with Gasteiger partial charge in [0, 0.05) is 12.8 Å². The van der Waals surface area contributed by atoms with Gasteiger partial charge >= 0.3 is 0 Å². The van der Waals surface area contributed by atoms with Gasteiger partial charge < -0.3 is 5.11 Å². The topological polar surface area (TPSA) is 70.4 Å². The number of rotatable bonds is 5. The van der Waals surface area contributed by atoms with Crippen LogP contribution in [0.4, 0.5) is 5.69 Å². The van der Waals surface area contributed by atoms with Crippen LogP contribution in [0.1, 0.15) is 23.6 Å². The summed E-state index contributed by atoms with van der Waals surface area (Å²) in [6.07, 6.45) is 3.80. The molecule has 2 aromatic rings. The molecule has 0 radical (unpaired) electrons. The van der Waals surface area contributed by atoms with E-state index in [0.29, 0.717) is 6.54 Å². The fourth-order valence-corrected chi connectivity index (χ4v) is 2.56. The molecule has 5 nitrogen and oxygen atoms in total. The zero-order chi connectivity index (χ0) is 17.0. The first kappa shape index (κ1) is 16.9. The van der Waals surface area contributed by atoms with E-state index < -0.39 is 5.56 Å². The van der Waals surface area contributed by atoms with E-state index in [1.165, 1.54) is 10.8 Å². The molecule has 0 aliphatic carbocycles. The highest BCUT2D eigenvalue weighted by atomic mass is 32.1. The monoisotopic (exact) mass is 329 g/mol. The summed E-state index contributed by atoms with van der Waals surface area (Å²) >= 11 is 5.05. The molecule has 1 aromatic heterocycles. The van der Waals surface area contributed by atoms with Crippen molar-refractivity contribution in [1.82, 2.24) is 9.55 Å². The quantitative estimate of drug-likeness (QED) is 0.502. The molecule has 23 heavy (non-hydrogen) atoms. The van der Waals surface area contributed by atoms with E-state index in [1.807, 2.05) is 32.0 Å². The van der Waals surface area contributed by atoms with Crippen molar-refractivity contribution in [3.8, 4) is 5.88 Å². The number of hydrogen-bond donors (Lipinski definition) is 2. The summed E-state index contributed by atoms with van der Waals surface area (Å²) in [6.45, 7) is 7.91. The lowest BCUT2D eigenvalue weighted by molar-refractivity contribution is 0.413. The average Bonchev–Trinajstić information content (AvgIpc) is 2.52. The molecule has 1 aromatic carbocycles. The van der Waals surface area contributed by atoms with Crippen LogP contribution in [0.15, 0.2) is 40.6 Å². The Kier molecular flexibility index (Phi) is 5.28. The summed E-state index contributed by atoms with van der Waals surface area (Å²) in [7, 11) is 0. The summed E-state index contributed by atoms with van der Waals surface area (Å²) in [5.74, 6) is -0.214. The van der Waals surface area contributed by atoms with Crippen LogP contribution in [0.3, 0.4) is 0 Å². The van der Waals surface area contributed by atoms with Gasteiger partial charge in [0.05, 0.1) is 5.69 Å². The second-order valence-corrected chi connectivity index (χ2v) is 5.48. The fraction of sp³-hybridized carbons (Fsp3) is 0.235. The Labute approximate surface area is 139 Å². The molecule has 0 amide bonds. The van der Waals surface area contributed by atoms with Crippen molar-refractivity contribution in [2.45, 2.75) is 26.8 Å². The number of allylic oxidation sites excluding steroid dienone is 1. The molecule has 0 aliphatic rings. The summed E-state index contributed by atoms with van der Waals surface area (Å²) in [4.78, 5) is 19.0. The number of aromatic nitrogens is 2. The lowest BCUT2D eigenvalue weighted by Gasteiger charge is -2.09. The third kappa shape index (κ3) is 3.48. The molecule has 1 heterocycles. The molecular formula is C17H19N3O2S. The fourth-order valence-electron chi connectivity index (χ4n) is 2.31. The van der Waals surface area contributed by atoms with Crippen LogP contribution in [0, 0.1) is 11.7 Å². The molecule has 2 rings (SSSR count). The summed E-state index contributed by atoms with van der Waals surface area (Å²) in [6, 6.07) is 5.93. The summed E-state index contributed by atoms with van der Waals surface area (Å²) < 4.78 is 1.54. The number of benzene rings is 1. The maximum atomic E-state index is 12.1. The highest BCUT2D eigenvalue weighted by molar-refractivity contribution is 7.71. The molecule has 6 heteroatoms. The third-order valence-electron chi connectivity index (χ3n) is 3.54. The minimum absolute atomic E-state index is 0.0748. The van der Waals surface area contributed by atoms with Crippen molar-refractivity contribution >= 4 is 24.1 Å². The van der Waals surface area contributed by atoms with Crippen molar-refractivity contribution in [2.24, 2.45) is 4.99 Å². The number of H-pyrrole nitrogens is 1. The molecule has 0 spiro atoms. The van der Waals surface area contributed by atoms with Gasteiger partial charge in [0.15, 0.2) is 4.77 Å². The first-order valence-electron chi connectivity index (χ1n) is 7.29. The Morgan fingerprint density at radius 2 is 2.22 bits per heavy atom. The normalized spacial score (nSPS) is 11.0. The predicted octanol–water partition coefficient (Wildman–Crippen LogP) is 3.42. The molecule has 0 aliphatic heterocycles. The van der Waals surface area contributed by atoms with Crippen molar-refractivity contribution < 1.29 is 5.11 Å². The number of aromatic hydroxyl groups is 1. The van der Waals surface area contributed by atoms with E-state index in [2.05, 4.69) is 16.6 Å². The van der Waals surface area contributed by atoms with Gasteiger partial charge in [-0.25, -0.2) is 0 Å². The van der Waals surface area contributed by atoms with Crippen LogP contribution >= 0.6 is 12.2 Å². The van der Waals surface area contributed by atoms with Crippen LogP contribution in [0.2, 0.25) is 0 Å². The number of nitrogens with one attached hydrogen (secondary N) is 1. The molecule has 0 saturated heterocycles. The van der Waals surface area contributed by atoms with Crippen LogP contribution in [0.25, 0.3) is 0 Å². The van der Waals surface area contributed by atoms with E-state index in [9.17, 15) is 9.90 Å². The van der Waals surface area contributed by atoms with Gasteiger partial charge in [0.2, 0.25) is 5.88 Å². The molecule has 2 N–H and O–H groups in total. The number of hydrogen-bond acceptors (Lipinski definition) is 4. The minimum Gasteiger partial charge on any atom is -0.494 e. The number of aliphatic imine (C=N–C) groups is 1. The van der Waals surface area contributed by atoms with Crippen LogP contribution in [-0.4, -0.2) is 20.9 Å². The molecule has 0 bridgehead atoms. The molecular weight excluding hydrogens is 310 g/mol. The Morgan fingerprint density at radius 1 is 1.48 bits per heavy atom. The second kappa shape index (κ2) is 7.19. The lowest BCUT2D eigenvalue weighted by atomic mass is 10.1. The van der Waals surface area contributed by atoms with Gasteiger partial charge in [-0.3, -0.25) is 19.3 Å². The standard InChI is InChI=1S/C17H19N3O2S/c1-4-9-20-16(22)13(15(21)19-17(20)23)10-18-14-11(3)7-6-8-12(14)5-2/h4,6-8,10,22H,1,5,9H2,2-3H3,(H,19,21,23). The number of aryl methyl sites for hydroxylation is 2.